The number of hydrogen-bond acceptors (Lipinski definition) is 3. The molecular formula is C26H20ClF4N3O2. The van der Waals surface area contributed by atoms with Gasteiger partial charge in [0.05, 0.1) is 12.1 Å². The lowest BCUT2D eigenvalue weighted by atomic mass is 10.0. The Hall–Kier alpha value is -3.72. The van der Waals surface area contributed by atoms with E-state index in [4.69, 9.17) is 11.6 Å². The van der Waals surface area contributed by atoms with Crippen LogP contribution in [0.2, 0.25) is 5.02 Å². The van der Waals surface area contributed by atoms with Crippen molar-refractivity contribution in [3.05, 3.63) is 111 Å². The lowest BCUT2D eigenvalue weighted by Gasteiger charge is -2.12. The number of carbonyl (C=O) groups is 1. The van der Waals surface area contributed by atoms with Gasteiger partial charge in [-0.1, -0.05) is 48.0 Å². The van der Waals surface area contributed by atoms with Crippen molar-refractivity contribution in [2.45, 2.75) is 32.1 Å². The molecule has 0 fully saturated rings. The molecule has 0 aliphatic rings. The number of Topliss-reactive ketones (excluding diaryl/α,β-unsaturated/α-hetero) is 1. The topological polar surface area (TPSA) is 56.9 Å². The highest BCUT2D eigenvalue weighted by Crippen LogP contribution is 2.32. The lowest BCUT2D eigenvalue weighted by Crippen LogP contribution is -2.28. The summed E-state index contributed by atoms with van der Waals surface area (Å²) in [6.07, 6.45) is -4.88. The molecule has 0 unspecified atom stereocenters. The Bertz CT molecular complexity index is 1440. The molecule has 0 aliphatic heterocycles. The molecule has 10 heteroatoms. The average molecular weight is 518 g/mol. The molecule has 0 N–H and O–H groups in total. The third-order valence-corrected chi connectivity index (χ3v) is 5.89. The normalized spacial score (nSPS) is 11.6. The maximum Gasteiger partial charge on any atom is 0.416 e. The summed E-state index contributed by atoms with van der Waals surface area (Å²) < 4.78 is 56.2. The number of aryl methyl sites for hydroxylation is 1. The van der Waals surface area contributed by atoms with Crippen molar-refractivity contribution >= 4 is 17.4 Å². The van der Waals surface area contributed by atoms with E-state index in [1.807, 2.05) is 0 Å². The SMILES string of the molecule is O=C(CCc1ccccc1C(F)(F)F)Cn1nc(-c2ccc(Cl)cc2)n(Cc2ccccc2F)c1=O. The minimum Gasteiger partial charge on any atom is -0.298 e. The highest BCUT2D eigenvalue weighted by atomic mass is 35.5. The summed E-state index contributed by atoms with van der Waals surface area (Å²) in [5, 5.41) is 4.76. The molecule has 1 heterocycles. The molecule has 0 bridgehead atoms. The molecule has 36 heavy (non-hydrogen) atoms. The predicted molar refractivity (Wildman–Crippen MR) is 127 cm³/mol. The van der Waals surface area contributed by atoms with Crippen molar-refractivity contribution in [2.24, 2.45) is 0 Å². The first-order chi connectivity index (χ1) is 17.1. The van der Waals surface area contributed by atoms with E-state index in [0.29, 0.717) is 10.6 Å². The second kappa shape index (κ2) is 10.5. The highest BCUT2D eigenvalue weighted by Gasteiger charge is 2.32. The standard InChI is InChI=1S/C26H20ClF4N3O2/c27-20-12-9-18(10-13-20)24-32-34(25(36)33(24)15-19-6-2-4-8-23(19)28)16-21(35)14-11-17-5-1-3-7-22(17)26(29,30)31/h1-10,12-13H,11,14-16H2. The van der Waals surface area contributed by atoms with Crippen LogP contribution in [0.1, 0.15) is 23.1 Å². The Kier molecular flexibility index (Phi) is 7.40. The van der Waals surface area contributed by atoms with E-state index in [-0.39, 0.29) is 36.3 Å². The van der Waals surface area contributed by atoms with Gasteiger partial charge >= 0.3 is 11.9 Å². The number of carbonyl (C=O) groups excluding carboxylic acids is 1. The number of hydrogen-bond donors (Lipinski definition) is 0. The number of nitrogens with zero attached hydrogens (tertiary/aromatic N) is 3. The van der Waals surface area contributed by atoms with Crippen LogP contribution in [-0.2, 0) is 30.5 Å². The van der Waals surface area contributed by atoms with Crippen LogP contribution in [-0.4, -0.2) is 20.1 Å². The minimum atomic E-state index is -4.53. The Balaban J connectivity index is 1.60. The number of aromatic nitrogens is 3. The van der Waals surface area contributed by atoms with Crippen LogP contribution in [0.5, 0.6) is 0 Å². The minimum absolute atomic E-state index is 0.00219. The molecule has 0 spiro atoms. The van der Waals surface area contributed by atoms with E-state index in [2.05, 4.69) is 5.10 Å². The van der Waals surface area contributed by atoms with Crippen molar-refractivity contribution in [2.75, 3.05) is 0 Å². The van der Waals surface area contributed by atoms with E-state index in [9.17, 15) is 27.2 Å². The van der Waals surface area contributed by atoms with Crippen molar-refractivity contribution in [3.63, 3.8) is 0 Å². The largest absolute Gasteiger partial charge is 0.416 e. The molecule has 0 amide bonds. The maximum atomic E-state index is 14.3. The molecule has 4 rings (SSSR count). The second-order valence-electron chi connectivity index (χ2n) is 8.14. The van der Waals surface area contributed by atoms with E-state index < -0.39 is 35.6 Å². The molecule has 0 atom stereocenters. The number of ketones is 1. The fourth-order valence-electron chi connectivity index (χ4n) is 3.83. The first-order valence-electron chi connectivity index (χ1n) is 11.0. The van der Waals surface area contributed by atoms with Crippen molar-refractivity contribution in [1.29, 1.82) is 0 Å². The third kappa shape index (κ3) is 5.73. The van der Waals surface area contributed by atoms with Crippen molar-refractivity contribution in [3.8, 4) is 11.4 Å². The first-order valence-corrected chi connectivity index (χ1v) is 11.3. The fraction of sp³-hybridized carbons (Fsp3) is 0.192. The van der Waals surface area contributed by atoms with Gasteiger partial charge in [-0.3, -0.25) is 9.36 Å². The summed E-state index contributed by atoms with van der Waals surface area (Å²) in [6, 6.07) is 17.5. The predicted octanol–water partition coefficient (Wildman–Crippen LogP) is 5.77. The number of alkyl halides is 3. The Morgan fingerprint density at radius 2 is 1.56 bits per heavy atom. The van der Waals surface area contributed by atoms with E-state index in [0.717, 1.165) is 10.7 Å². The van der Waals surface area contributed by atoms with Gasteiger partial charge in [0.25, 0.3) is 0 Å². The highest BCUT2D eigenvalue weighted by molar-refractivity contribution is 6.30. The smallest absolute Gasteiger partial charge is 0.298 e. The summed E-state index contributed by atoms with van der Waals surface area (Å²) in [4.78, 5) is 25.8. The summed E-state index contributed by atoms with van der Waals surface area (Å²) in [7, 11) is 0. The van der Waals surface area contributed by atoms with Crippen molar-refractivity contribution in [1.82, 2.24) is 14.3 Å². The molecule has 3 aromatic carbocycles. The molecule has 186 valence electrons. The fourth-order valence-corrected chi connectivity index (χ4v) is 3.96. The molecular weight excluding hydrogens is 498 g/mol. The van der Waals surface area contributed by atoms with Crippen LogP contribution in [0.4, 0.5) is 17.6 Å². The Morgan fingerprint density at radius 3 is 2.22 bits per heavy atom. The summed E-state index contributed by atoms with van der Waals surface area (Å²) in [5.41, 5.74) is -0.665. The van der Waals surface area contributed by atoms with Gasteiger partial charge in [-0.15, -0.1) is 5.10 Å². The molecule has 0 radical (unpaired) electrons. The number of rotatable bonds is 8. The Morgan fingerprint density at radius 1 is 0.917 bits per heavy atom. The van der Waals surface area contributed by atoms with Crippen LogP contribution >= 0.6 is 11.6 Å². The zero-order chi connectivity index (χ0) is 25.9. The van der Waals surface area contributed by atoms with Crippen LogP contribution < -0.4 is 5.69 Å². The first kappa shape index (κ1) is 25.4. The van der Waals surface area contributed by atoms with Gasteiger partial charge in [-0.05, 0) is 48.4 Å². The lowest BCUT2D eigenvalue weighted by molar-refractivity contribution is -0.138. The Labute approximate surface area is 208 Å². The number of benzene rings is 3. The van der Waals surface area contributed by atoms with E-state index in [1.54, 1.807) is 30.3 Å². The molecule has 5 nitrogen and oxygen atoms in total. The van der Waals surface area contributed by atoms with Gasteiger partial charge in [0, 0.05) is 22.6 Å². The molecule has 0 aliphatic carbocycles. The second-order valence-corrected chi connectivity index (χ2v) is 8.58. The third-order valence-electron chi connectivity index (χ3n) is 5.63. The average Bonchev–Trinajstić information content (AvgIpc) is 3.14. The van der Waals surface area contributed by atoms with E-state index in [1.165, 1.54) is 41.0 Å². The monoisotopic (exact) mass is 517 g/mol. The quantitative estimate of drug-likeness (QED) is 0.279. The van der Waals surface area contributed by atoms with Crippen molar-refractivity contribution < 1.29 is 22.4 Å². The van der Waals surface area contributed by atoms with E-state index >= 15 is 0 Å². The van der Waals surface area contributed by atoms with Gasteiger partial charge in [-0.25, -0.2) is 13.9 Å². The van der Waals surface area contributed by atoms with Crippen LogP contribution in [0, 0.1) is 5.82 Å². The van der Waals surface area contributed by atoms with Gasteiger partial charge < -0.3 is 0 Å². The summed E-state index contributed by atoms with van der Waals surface area (Å²) in [5.74, 6) is -0.763. The van der Waals surface area contributed by atoms with Gasteiger partial charge in [-0.2, -0.15) is 13.2 Å². The van der Waals surface area contributed by atoms with Gasteiger partial charge in [0.15, 0.2) is 11.6 Å². The number of halogens is 5. The van der Waals surface area contributed by atoms with Gasteiger partial charge in [0.2, 0.25) is 0 Å². The van der Waals surface area contributed by atoms with Crippen LogP contribution in [0.25, 0.3) is 11.4 Å². The molecule has 0 saturated heterocycles. The zero-order valence-corrected chi connectivity index (χ0v) is 19.6. The molecule has 0 saturated carbocycles. The summed E-state index contributed by atoms with van der Waals surface area (Å²) >= 11 is 5.96. The zero-order valence-electron chi connectivity index (χ0n) is 18.8. The maximum absolute atomic E-state index is 14.3. The van der Waals surface area contributed by atoms with Crippen LogP contribution in [0.3, 0.4) is 0 Å². The summed E-state index contributed by atoms with van der Waals surface area (Å²) in [6.45, 7) is -0.561. The van der Waals surface area contributed by atoms with Crippen LogP contribution in [0.15, 0.2) is 77.6 Å². The molecule has 1 aromatic heterocycles. The van der Waals surface area contributed by atoms with Gasteiger partial charge in [0.1, 0.15) is 12.4 Å². The molecule has 4 aromatic rings.